The van der Waals surface area contributed by atoms with E-state index >= 15 is 0 Å². The zero-order valence-electron chi connectivity index (χ0n) is 8.95. The summed E-state index contributed by atoms with van der Waals surface area (Å²) in [6.45, 7) is -0.703. The Balaban J connectivity index is 2.58. The molecular formula is C11H8BrF3N2O. The van der Waals surface area contributed by atoms with Crippen molar-refractivity contribution in [1.29, 1.82) is 0 Å². The number of benzene rings is 1. The minimum absolute atomic E-state index is 0.245. The smallest absolute Gasteiger partial charge is 0.392 e. The minimum Gasteiger partial charge on any atom is -0.392 e. The molecule has 0 aliphatic rings. The van der Waals surface area contributed by atoms with Gasteiger partial charge in [-0.05, 0) is 24.3 Å². The summed E-state index contributed by atoms with van der Waals surface area (Å²) in [6, 6.07) is 6.26. The summed E-state index contributed by atoms with van der Waals surface area (Å²) in [6.07, 6.45) is -3.55. The van der Waals surface area contributed by atoms with Gasteiger partial charge in [-0.15, -0.1) is 0 Å². The highest BCUT2D eigenvalue weighted by molar-refractivity contribution is 9.10. The molecule has 0 atom stereocenters. The number of aliphatic hydroxyl groups excluding tert-OH is 1. The highest BCUT2D eigenvalue weighted by Crippen LogP contribution is 2.33. The maximum Gasteiger partial charge on any atom is 0.433 e. The fraction of sp³-hybridized carbons (Fsp3) is 0.182. The lowest BCUT2D eigenvalue weighted by Gasteiger charge is -2.12. The van der Waals surface area contributed by atoms with E-state index in [0.29, 0.717) is 0 Å². The molecule has 1 N–H and O–H groups in total. The number of aromatic nitrogens is 2. The zero-order valence-corrected chi connectivity index (χ0v) is 10.5. The Labute approximate surface area is 109 Å². The monoisotopic (exact) mass is 320 g/mol. The lowest BCUT2D eigenvalue weighted by atomic mass is 10.2. The molecule has 0 aliphatic heterocycles. The summed E-state index contributed by atoms with van der Waals surface area (Å²) < 4.78 is 40.3. The maximum atomic E-state index is 12.9. The van der Waals surface area contributed by atoms with Crippen molar-refractivity contribution < 1.29 is 18.3 Å². The van der Waals surface area contributed by atoms with Crippen LogP contribution < -0.4 is 0 Å². The van der Waals surface area contributed by atoms with Gasteiger partial charge in [0, 0.05) is 10.0 Å². The predicted octanol–water partition coefficient (Wildman–Crippen LogP) is 3.15. The Bertz CT molecular complexity index is 548. The second kappa shape index (κ2) is 4.74. The fourth-order valence-corrected chi connectivity index (χ4v) is 1.84. The van der Waals surface area contributed by atoms with E-state index in [4.69, 9.17) is 5.11 Å². The van der Waals surface area contributed by atoms with Crippen LogP contribution in [-0.2, 0) is 12.8 Å². The molecule has 0 aliphatic carbocycles. The molecule has 1 heterocycles. The summed E-state index contributed by atoms with van der Waals surface area (Å²) in [7, 11) is 0. The van der Waals surface area contributed by atoms with Crippen molar-refractivity contribution in [2.45, 2.75) is 12.8 Å². The summed E-state index contributed by atoms with van der Waals surface area (Å²) in [4.78, 5) is 0. The van der Waals surface area contributed by atoms with Crippen molar-refractivity contribution >= 4 is 15.9 Å². The Morgan fingerprint density at radius 1 is 1.22 bits per heavy atom. The molecule has 3 nitrogen and oxygen atoms in total. The van der Waals surface area contributed by atoms with Crippen molar-refractivity contribution in [2.24, 2.45) is 0 Å². The van der Waals surface area contributed by atoms with Crippen LogP contribution in [0.2, 0.25) is 0 Å². The number of hydrogen-bond acceptors (Lipinski definition) is 2. The van der Waals surface area contributed by atoms with Crippen LogP contribution in [0.5, 0.6) is 0 Å². The topological polar surface area (TPSA) is 38.1 Å². The van der Waals surface area contributed by atoms with Crippen LogP contribution in [0.3, 0.4) is 0 Å². The highest BCUT2D eigenvalue weighted by atomic mass is 79.9. The lowest BCUT2D eigenvalue weighted by molar-refractivity contribution is -0.143. The van der Waals surface area contributed by atoms with Gasteiger partial charge in [0.25, 0.3) is 0 Å². The van der Waals surface area contributed by atoms with Crippen LogP contribution >= 0.6 is 15.9 Å². The first kappa shape index (κ1) is 13.1. The van der Waals surface area contributed by atoms with Crippen molar-refractivity contribution in [2.75, 3.05) is 0 Å². The molecule has 0 radical (unpaired) electrons. The van der Waals surface area contributed by atoms with E-state index in [0.717, 1.165) is 15.4 Å². The molecule has 1 aromatic heterocycles. The van der Waals surface area contributed by atoms with Crippen LogP contribution in [0.25, 0.3) is 5.69 Å². The Hall–Kier alpha value is -1.34. The van der Waals surface area contributed by atoms with Crippen LogP contribution in [0.1, 0.15) is 11.3 Å². The van der Waals surface area contributed by atoms with Crippen LogP contribution in [0.4, 0.5) is 13.2 Å². The van der Waals surface area contributed by atoms with Gasteiger partial charge >= 0.3 is 6.18 Å². The Morgan fingerprint density at radius 2 is 1.83 bits per heavy atom. The third kappa shape index (κ3) is 2.41. The Morgan fingerprint density at radius 3 is 2.33 bits per heavy atom. The van der Waals surface area contributed by atoms with E-state index in [-0.39, 0.29) is 11.3 Å². The molecule has 0 fully saturated rings. The number of halogens is 4. The first-order chi connectivity index (χ1) is 8.43. The molecule has 96 valence electrons. The van der Waals surface area contributed by atoms with E-state index in [1.165, 1.54) is 12.1 Å². The van der Waals surface area contributed by atoms with Gasteiger partial charge in [0.15, 0.2) is 5.69 Å². The molecule has 2 rings (SSSR count). The van der Waals surface area contributed by atoms with Gasteiger partial charge in [0.2, 0.25) is 0 Å². The molecule has 7 heteroatoms. The summed E-state index contributed by atoms with van der Waals surface area (Å²) in [5.41, 5.74) is -0.914. The number of alkyl halides is 3. The molecule has 0 amide bonds. The van der Waals surface area contributed by atoms with Crippen molar-refractivity contribution in [3.63, 3.8) is 0 Å². The van der Waals surface area contributed by atoms with E-state index in [9.17, 15) is 13.2 Å². The number of nitrogens with zero attached hydrogens (tertiary/aromatic N) is 2. The predicted molar refractivity (Wildman–Crippen MR) is 62.2 cm³/mol. The highest BCUT2D eigenvalue weighted by Gasteiger charge is 2.38. The first-order valence-corrected chi connectivity index (χ1v) is 5.73. The van der Waals surface area contributed by atoms with Gasteiger partial charge in [0.1, 0.15) is 0 Å². The van der Waals surface area contributed by atoms with E-state index < -0.39 is 18.5 Å². The van der Waals surface area contributed by atoms with Gasteiger partial charge in [-0.3, -0.25) is 0 Å². The van der Waals surface area contributed by atoms with Gasteiger partial charge in [0.05, 0.1) is 18.5 Å². The molecular weight excluding hydrogens is 313 g/mol. The molecule has 0 saturated heterocycles. The summed E-state index contributed by atoms with van der Waals surface area (Å²) in [5.74, 6) is 0. The molecule has 18 heavy (non-hydrogen) atoms. The first-order valence-electron chi connectivity index (χ1n) is 4.94. The van der Waals surface area contributed by atoms with Crippen LogP contribution in [0.15, 0.2) is 34.9 Å². The van der Waals surface area contributed by atoms with E-state index in [2.05, 4.69) is 21.0 Å². The molecule has 0 saturated carbocycles. The molecule has 0 unspecified atom stereocenters. The molecule has 0 spiro atoms. The summed E-state index contributed by atoms with van der Waals surface area (Å²) >= 11 is 3.20. The fourth-order valence-electron chi connectivity index (χ4n) is 1.58. The van der Waals surface area contributed by atoms with Crippen LogP contribution in [-0.4, -0.2) is 14.9 Å². The normalized spacial score (nSPS) is 11.8. The maximum absolute atomic E-state index is 12.9. The van der Waals surface area contributed by atoms with Gasteiger partial charge < -0.3 is 5.11 Å². The lowest BCUT2D eigenvalue weighted by Crippen LogP contribution is -2.15. The molecule has 2 aromatic rings. The molecule has 1 aromatic carbocycles. The zero-order chi connectivity index (χ0) is 13.3. The third-order valence-electron chi connectivity index (χ3n) is 2.36. The second-order valence-corrected chi connectivity index (χ2v) is 4.48. The number of rotatable bonds is 2. The van der Waals surface area contributed by atoms with Crippen molar-refractivity contribution in [3.8, 4) is 5.69 Å². The second-order valence-electron chi connectivity index (χ2n) is 3.56. The quantitative estimate of drug-likeness (QED) is 0.923. The minimum atomic E-state index is -4.57. The van der Waals surface area contributed by atoms with E-state index in [1.807, 2.05) is 0 Å². The average molecular weight is 321 g/mol. The number of aliphatic hydroxyl groups is 1. The number of hydrogen-bond donors (Lipinski definition) is 1. The van der Waals surface area contributed by atoms with Gasteiger partial charge in [-0.1, -0.05) is 15.9 Å². The largest absolute Gasteiger partial charge is 0.433 e. The summed E-state index contributed by atoms with van der Waals surface area (Å²) in [5, 5.41) is 12.6. The van der Waals surface area contributed by atoms with Crippen molar-refractivity contribution in [1.82, 2.24) is 9.78 Å². The Kier molecular flexibility index (Phi) is 3.45. The van der Waals surface area contributed by atoms with Crippen LogP contribution in [0, 0.1) is 0 Å². The third-order valence-corrected chi connectivity index (χ3v) is 2.88. The standard InChI is InChI=1S/C11H8BrF3N2O/c12-8-1-3-9(4-2-8)17-10(11(13,14)15)7(6-18)5-16-17/h1-5,18H,6H2. The molecule has 0 bridgehead atoms. The van der Waals surface area contributed by atoms with Crippen molar-refractivity contribution in [3.05, 3.63) is 46.2 Å². The average Bonchev–Trinajstić information content (AvgIpc) is 2.73. The van der Waals surface area contributed by atoms with Gasteiger partial charge in [-0.2, -0.15) is 18.3 Å². The van der Waals surface area contributed by atoms with E-state index in [1.54, 1.807) is 12.1 Å². The SMILES string of the molecule is OCc1cnn(-c2ccc(Br)cc2)c1C(F)(F)F. The van der Waals surface area contributed by atoms with Gasteiger partial charge in [-0.25, -0.2) is 4.68 Å².